The normalized spacial score (nSPS) is 15.4. The third-order valence-electron chi connectivity index (χ3n) is 5.28. The van der Waals surface area contributed by atoms with Gasteiger partial charge in [0.2, 0.25) is 0 Å². The molecular weight excluding hydrogens is 462 g/mol. The third-order valence-corrected chi connectivity index (χ3v) is 7.12. The minimum absolute atomic E-state index is 0.0231. The molecule has 0 saturated heterocycles. The average molecular weight is 484 g/mol. The van der Waals surface area contributed by atoms with Crippen molar-refractivity contribution >= 4 is 33.4 Å². The molecular formula is C23H21N3O7S. The maximum atomic E-state index is 13.5. The van der Waals surface area contributed by atoms with E-state index in [0.29, 0.717) is 0 Å². The van der Waals surface area contributed by atoms with Gasteiger partial charge in [0.15, 0.2) is 0 Å². The number of benzene rings is 3. The van der Waals surface area contributed by atoms with Crippen LogP contribution >= 0.6 is 0 Å². The van der Waals surface area contributed by atoms with E-state index in [2.05, 4.69) is 0 Å². The van der Waals surface area contributed by atoms with Gasteiger partial charge in [-0.25, -0.2) is 23.0 Å². The molecule has 1 heterocycles. The second kappa shape index (κ2) is 9.41. The number of anilines is 2. The molecule has 3 N–H and O–H groups in total. The van der Waals surface area contributed by atoms with E-state index in [1.54, 1.807) is 36.4 Å². The van der Waals surface area contributed by atoms with Crippen LogP contribution in [0.2, 0.25) is 0 Å². The zero-order valence-electron chi connectivity index (χ0n) is 17.7. The number of nitrogens with one attached hydrogen (secondary N) is 1. The Morgan fingerprint density at radius 1 is 0.941 bits per heavy atom. The number of carbonyl (C=O) groups excluding carboxylic acids is 2. The lowest BCUT2D eigenvalue weighted by Gasteiger charge is -2.41. The van der Waals surface area contributed by atoms with Gasteiger partial charge in [-0.3, -0.25) is 14.9 Å². The van der Waals surface area contributed by atoms with Gasteiger partial charge in [-0.05, 0) is 42.0 Å². The first-order chi connectivity index (χ1) is 16.3. The molecule has 1 aliphatic rings. The molecule has 3 aromatic carbocycles. The van der Waals surface area contributed by atoms with Crippen molar-refractivity contribution < 1.29 is 33.1 Å². The summed E-state index contributed by atoms with van der Waals surface area (Å²) in [6.45, 7) is -0.431. The van der Waals surface area contributed by atoms with Crippen molar-refractivity contribution in [1.82, 2.24) is 5.48 Å². The van der Waals surface area contributed by atoms with E-state index in [9.17, 15) is 28.3 Å². The number of nitrogens with zero attached hydrogens (tertiary/aromatic N) is 2. The Morgan fingerprint density at radius 2 is 1.56 bits per heavy atom. The molecule has 34 heavy (non-hydrogen) atoms. The highest BCUT2D eigenvalue weighted by Crippen LogP contribution is 2.39. The van der Waals surface area contributed by atoms with E-state index in [4.69, 9.17) is 4.74 Å². The molecule has 11 heteroatoms. The summed E-state index contributed by atoms with van der Waals surface area (Å²) in [5.41, 5.74) is 2.49. The molecule has 1 atom stereocenters. The minimum Gasteiger partial charge on any atom is -0.508 e. The smallest absolute Gasteiger partial charge is 0.414 e. The SMILES string of the molecule is O=C(NO)[C@H]1CN(C(=O)OCc2ccccc2)c2ccccc2N1S(=O)(=O)c1ccc(O)cc1. The van der Waals surface area contributed by atoms with E-state index in [1.807, 2.05) is 6.07 Å². The van der Waals surface area contributed by atoms with Crippen LogP contribution in [0.4, 0.5) is 16.2 Å². The van der Waals surface area contributed by atoms with Crippen molar-refractivity contribution in [2.75, 3.05) is 15.7 Å². The van der Waals surface area contributed by atoms with Gasteiger partial charge < -0.3 is 9.84 Å². The highest BCUT2D eigenvalue weighted by atomic mass is 32.2. The summed E-state index contributed by atoms with van der Waals surface area (Å²) in [7, 11) is -4.33. The lowest BCUT2D eigenvalue weighted by Crippen LogP contribution is -2.58. The van der Waals surface area contributed by atoms with Gasteiger partial charge >= 0.3 is 6.09 Å². The molecule has 10 nitrogen and oxygen atoms in total. The Labute approximate surface area is 195 Å². The Hall–Kier alpha value is -4.09. The van der Waals surface area contributed by atoms with Gasteiger partial charge in [0.1, 0.15) is 18.4 Å². The van der Waals surface area contributed by atoms with Gasteiger partial charge in [-0.15, -0.1) is 0 Å². The maximum Gasteiger partial charge on any atom is 0.414 e. The largest absolute Gasteiger partial charge is 0.508 e. The number of fused-ring (bicyclic) bond motifs is 1. The quantitative estimate of drug-likeness (QED) is 0.375. The molecule has 4 rings (SSSR count). The average Bonchev–Trinajstić information content (AvgIpc) is 2.86. The molecule has 0 spiro atoms. The number of hydrogen-bond acceptors (Lipinski definition) is 7. The summed E-state index contributed by atoms with van der Waals surface area (Å²) < 4.78 is 33.3. The van der Waals surface area contributed by atoms with Crippen molar-refractivity contribution in [2.45, 2.75) is 17.5 Å². The number of phenolic OH excluding ortho intramolecular Hbond substituents is 1. The monoisotopic (exact) mass is 483 g/mol. The molecule has 0 aromatic heterocycles. The van der Waals surface area contributed by atoms with E-state index in [-0.39, 0.29) is 28.6 Å². The van der Waals surface area contributed by atoms with Crippen LogP contribution < -0.4 is 14.7 Å². The van der Waals surface area contributed by atoms with E-state index < -0.39 is 34.6 Å². The Morgan fingerprint density at radius 3 is 2.21 bits per heavy atom. The lowest BCUT2D eigenvalue weighted by atomic mass is 10.1. The predicted molar refractivity (Wildman–Crippen MR) is 122 cm³/mol. The highest BCUT2D eigenvalue weighted by Gasteiger charge is 2.44. The number of ether oxygens (including phenoxy) is 1. The maximum absolute atomic E-state index is 13.5. The Kier molecular flexibility index (Phi) is 6.39. The van der Waals surface area contributed by atoms with Crippen molar-refractivity contribution in [3.05, 3.63) is 84.4 Å². The topological polar surface area (TPSA) is 136 Å². The van der Waals surface area contributed by atoms with Crippen LogP contribution in [-0.2, 0) is 26.2 Å². The summed E-state index contributed by atoms with van der Waals surface area (Å²) in [6.07, 6.45) is -0.784. The molecule has 0 fully saturated rings. The molecule has 0 unspecified atom stereocenters. The molecule has 0 saturated carbocycles. The van der Waals surface area contributed by atoms with E-state index in [1.165, 1.54) is 41.9 Å². The summed E-state index contributed by atoms with van der Waals surface area (Å²) >= 11 is 0. The van der Waals surface area contributed by atoms with Crippen LogP contribution in [0.5, 0.6) is 5.75 Å². The molecule has 3 aromatic rings. The molecule has 0 bridgehead atoms. The standard InChI is InChI=1S/C23H21N3O7S/c27-17-10-12-18(13-11-17)34(31,32)26-20-9-5-4-8-19(20)25(14-21(26)22(28)24-30)23(29)33-15-16-6-2-1-3-7-16/h1-13,21,27,30H,14-15H2,(H,24,28)/t21-/m1/s1. The summed E-state index contributed by atoms with van der Waals surface area (Å²) in [5.74, 6) is -1.16. The zero-order valence-corrected chi connectivity index (χ0v) is 18.6. The summed E-state index contributed by atoms with van der Waals surface area (Å²) in [6, 6.07) is 18.5. The molecule has 2 amide bonds. The molecule has 176 valence electrons. The minimum atomic E-state index is -4.33. The van der Waals surface area contributed by atoms with Crippen LogP contribution in [0.15, 0.2) is 83.8 Å². The van der Waals surface area contributed by atoms with Crippen LogP contribution in [0.3, 0.4) is 0 Å². The number of aromatic hydroxyl groups is 1. The number of para-hydroxylation sites is 2. The number of sulfonamides is 1. The lowest BCUT2D eigenvalue weighted by molar-refractivity contribution is -0.130. The second-order valence-corrected chi connectivity index (χ2v) is 9.24. The van der Waals surface area contributed by atoms with Crippen molar-refractivity contribution in [2.24, 2.45) is 0 Å². The van der Waals surface area contributed by atoms with Gasteiger partial charge in [0.05, 0.1) is 22.8 Å². The van der Waals surface area contributed by atoms with Crippen LogP contribution in [0, 0.1) is 0 Å². The van der Waals surface area contributed by atoms with Gasteiger partial charge in [-0.1, -0.05) is 42.5 Å². The fourth-order valence-corrected chi connectivity index (χ4v) is 5.27. The number of phenols is 1. The summed E-state index contributed by atoms with van der Waals surface area (Å²) in [5, 5.41) is 18.8. The third kappa shape index (κ3) is 4.38. The number of carbonyl (C=O) groups is 2. The number of rotatable bonds is 5. The number of hydrogen-bond donors (Lipinski definition) is 3. The van der Waals surface area contributed by atoms with Gasteiger partial charge in [0.25, 0.3) is 15.9 Å². The Bertz CT molecular complexity index is 1300. The first-order valence-corrected chi connectivity index (χ1v) is 11.6. The van der Waals surface area contributed by atoms with Crippen molar-refractivity contribution in [3.63, 3.8) is 0 Å². The van der Waals surface area contributed by atoms with Crippen LogP contribution in [-0.4, -0.2) is 43.3 Å². The Balaban J connectivity index is 1.74. The summed E-state index contributed by atoms with van der Waals surface area (Å²) in [4.78, 5) is 26.5. The first kappa shape index (κ1) is 23.1. The van der Waals surface area contributed by atoms with Crippen LogP contribution in [0.25, 0.3) is 0 Å². The number of amides is 2. The molecule has 0 radical (unpaired) electrons. The fourth-order valence-electron chi connectivity index (χ4n) is 3.65. The van der Waals surface area contributed by atoms with Gasteiger partial charge in [-0.2, -0.15) is 0 Å². The van der Waals surface area contributed by atoms with Crippen LogP contribution in [0.1, 0.15) is 5.56 Å². The van der Waals surface area contributed by atoms with E-state index >= 15 is 0 Å². The van der Waals surface area contributed by atoms with Crippen molar-refractivity contribution in [1.29, 1.82) is 0 Å². The fraction of sp³-hybridized carbons (Fsp3) is 0.130. The first-order valence-electron chi connectivity index (χ1n) is 10.2. The number of hydroxylamine groups is 1. The van der Waals surface area contributed by atoms with E-state index in [0.717, 1.165) is 14.8 Å². The highest BCUT2D eigenvalue weighted by molar-refractivity contribution is 7.93. The molecule has 0 aliphatic carbocycles. The van der Waals surface area contributed by atoms with Gasteiger partial charge in [0, 0.05) is 0 Å². The predicted octanol–water partition coefficient (Wildman–Crippen LogP) is 2.62. The molecule has 1 aliphatic heterocycles. The second-order valence-electron chi connectivity index (χ2n) is 7.43. The zero-order chi connectivity index (χ0) is 24.3. The van der Waals surface area contributed by atoms with Crippen molar-refractivity contribution in [3.8, 4) is 5.75 Å².